The van der Waals surface area contributed by atoms with Crippen molar-refractivity contribution in [2.24, 2.45) is 11.7 Å². The number of rotatable bonds is 4. The molecule has 0 bridgehead atoms. The third-order valence-electron chi connectivity index (χ3n) is 2.40. The highest BCUT2D eigenvalue weighted by atomic mass is 35.5. The second kappa shape index (κ2) is 7.25. The van der Waals surface area contributed by atoms with Crippen molar-refractivity contribution in [2.75, 3.05) is 0 Å². The highest BCUT2D eigenvalue weighted by molar-refractivity contribution is 5.85. The molecule has 0 aromatic heterocycles. The quantitative estimate of drug-likeness (QED) is 0.868. The van der Waals surface area contributed by atoms with E-state index in [0.717, 1.165) is 5.56 Å². The van der Waals surface area contributed by atoms with Gasteiger partial charge in [-0.2, -0.15) is 0 Å². The minimum atomic E-state index is -0.500. The van der Waals surface area contributed by atoms with Gasteiger partial charge < -0.3 is 11.1 Å². The van der Waals surface area contributed by atoms with Crippen LogP contribution in [0, 0.1) is 11.7 Å². The average Bonchev–Trinajstić information content (AvgIpc) is 2.26. The Morgan fingerprint density at radius 2 is 1.88 bits per heavy atom. The zero-order valence-corrected chi connectivity index (χ0v) is 10.8. The molecule has 0 saturated heterocycles. The number of hydrogen-bond acceptors (Lipinski definition) is 2. The summed E-state index contributed by atoms with van der Waals surface area (Å²) in [5.41, 5.74) is 6.53. The summed E-state index contributed by atoms with van der Waals surface area (Å²) in [6.45, 7) is 4.16. The molecule has 0 saturated carbocycles. The Morgan fingerprint density at radius 3 is 2.35 bits per heavy atom. The smallest absolute Gasteiger partial charge is 0.237 e. The fourth-order valence-electron chi connectivity index (χ4n) is 1.21. The number of nitrogens with two attached hydrogens (primary N) is 1. The largest absolute Gasteiger partial charge is 0.351 e. The maximum atomic E-state index is 12.6. The van der Waals surface area contributed by atoms with Crippen LogP contribution < -0.4 is 11.1 Å². The van der Waals surface area contributed by atoms with Gasteiger partial charge in [0.25, 0.3) is 0 Å². The molecule has 1 aromatic rings. The molecule has 1 unspecified atom stereocenters. The normalized spacial score (nSPS) is 11.8. The lowest BCUT2D eigenvalue weighted by atomic mass is 10.0. The van der Waals surface area contributed by atoms with Gasteiger partial charge in [0.15, 0.2) is 0 Å². The van der Waals surface area contributed by atoms with Crippen LogP contribution in [-0.2, 0) is 11.3 Å². The highest BCUT2D eigenvalue weighted by Crippen LogP contribution is 2.03. The molecule has 0 fully saturated rings. The van der Waals surface area contributed by atoms with E-state index in [0.29, 0.717) is 6.54 Å². The molecule has 0 aliphatic carbocycles. The molecule has 0 spiro atoms. The van der Waals surface area contributed by atoms with Gasteiger partial charge in [-0.15, -0.1) is 12.4 Å². The lowest BCUT2D eigenvalue weighted by molar-refractivity contribution is -0.123. The number of amides is 1. The van der Waals surface area contributed by atoms with E-state index in [1.165, 1.54) is 12.1 Å². The van der Waals surface area contributed by atoms with E-state index in [1.807, 2.05) is 13.8 Å². The van der Waals surface area contributed by atoms with Crippen LogP contribution in [0.2, 0.25) is 0 Å². The van der Waals surface area contributed by atoms with Gasteiger partial charge in [-0.05, 0) is 23.6 Å². The summed E-state index contributed by atoms with van der Waals surface area (Å²) in [6, 6.07) is 5.50. The second-order valence-electron chi connectivity index (χ2n) is 4.11. The van der Waals surface area contributed by atoms with Crippen LogP contribution in [0.25, 0.3) is 0 Å². The topological polar surface area (TPSA) is 55.1 Å². The Labute approximate surface area is 107 Å². The summed E-state index contributed by atoms with van der Waals surface area (Å²) in [4.78, 5) is 11.5. The van der Waals surface area contributed by atoms with Gasteiger partial charge in [0.1, 0.15) is 5.82 Å². The maximum Gasteiger partial charge on any atom is 0.237 e. The summed E-state index contributed by atoms with van der Waals surface area (Å²) in [7, 11) is 0. The van der Waals surface area contributed by atoms with E-state index in [1.54, 1.807) is 12.1 Å². The summed E-state index contributed by atoms with van der Waals surface area (Å²) in [6.07, 6.45) is 0. The van der Waals surface area contributed by atoms with Crippen LogP contribution in [0.3, 0.4) is 0 Å². The van der Waals surface area contributed by atoms with Crippen molar-refractivity contribution >= 4 is 18.3 Å². The third-order valence-corrected chi connectivity index (χ3v) is 2.40. The summed E-state index contributed by atoms with van der Waals surface area (Å²) >= 11 is 0. The van der Waals surface area contributed by atoms with Crippen molar-refractivity contribution in [3.8, 4) is 0 Å². The monoisotopic (exact) mass is 260 g/mol. The summed E-state index contributed by atoms with van der Waals surface area (Å²) in [5, 5.41) is 2.71. The number of hydrogen-bond donors (Lipinski definition) is 2. The van der Waals surface area contributed by atoms with Gasteiger partial charge in [-0.3, -0.25) is 4.79 Å². The second-order valence-corrected chi connectivity index (χ2v) is 4.11. The van der Waals surface area contributed by atoms with Crippen LogP contribution in [-0.4, -0.2) is 11.9 Å². The number of carbonyl (C=O) groups excluding carboxylic acids is 1. The zero-order valence-electron chi connectivity index (χ0n) is 9.94. The van der Waals surface area contributed by atoms with Crippen LogP contribution in [0.4, 0.5) is 4.39 Å². The molecule has 1 aromatic carbocycles. The van der Waals surface area contributed by atoms with Gasteiger partial charge in [0, 0.05) is 6.54 Å². The van der Waals surface area contributed by atoms with Crippen molar-refractivity contribution < 1.29 is 9.18 Å². The number of benzene rings is 1. The molecule has 1 atom stereocenters. The molecule has 5 heteroatoms. The van der Waals surface area contributed by atoms with Crippen LogP contribution in [0.5, 0.6) is 0 Å². The first-order valence-corrected chi connectivity index (χ1v) is 5.28. The molecular formula is C12H18ClFN2O. The van der Waals surface area contributed by atoms with Crippen molar-refractivity contribution in [3.05, 3.63) is 35.6 Å². The van der Waals surface area contributed by atoms with Crippen molar-refractivity contribution in [2.45, 2.75) is 26.4 Å². The third kappa shape index (κ3) is 5.15. The molecule has 0 radical (unpaired) electrons. The van der Waals surface area contributed by atoms with Crippen LogP contribution in [0.15, 0.2) is 24.3 Å². The Kier molecular flexibility index (Phi) is 6.76. The van der Waals surface area contributed by atoms with Gasteiger partial charge >= 0.3 is 0 Å². The zero-order chi connectivity index (χ0) is 12.1. The molecule has 1 rings (SSSR count). The first-order chi connectivity index (χ1) is 7.50. The van der Waals surface area contributed by atoms with E-state index in [2.05, 4.69) is 5.32 Å². The molecule has 1 amide bonds. The number of nitrogens with one attached hydrogen (secondary N) is 1. The van der Waals surface area contributed by atoms with E-state index in [-0.39, 0.29) is 30.0 Å². The predicted octanol–water partition coefficient (Wildman–Crippen LogP) is 1.85. The maximum absolute atomic E-state index is 12.6. The van der Waals surface area contributed by atoms with Crippen molar-refractivity contribution in [1.29, 1.82) is 0 Å². The Balaban J connectivity index is 0.00000256. The lowest BCUT2D eigenvalue weighted by Crippen LogP contribution is -2.43. The summed E-state index contributed by atoms with van der Waals surface area (Å²) in [5.74, 6) is -0.360. The van der Waals surface area contributed by atoms with Crippen LogP contribution in [0.1, 0.15) is 19.4 Å². The van der Waals surface area contributed by atoms with E-state index < -0.39 is 6.04 Å². The Bertz CT molecular complexity index is 354. The molecular weight excluding hydrogens is 243 g/mol. The van der Waals surface area contributed by atoms with Crippen molar-refractivity contribution in [3.63, 3.8) is 0 Å². The van der Waals surface area contributed by atoms with Crippen LogP contribution >= 0.6 is 12.4 Å². The average molecular weight is 261 g/mol. The van der Waals surface area contributed by atoms with Gasteiger partial charge in [-0.1, -0.05) is 26.0 Å². The highest BCUT2D eigenvalue weighted by Gasteiger charge is 2.16. The van der Waals surface area contributed by atoms with E-state index >= 15 is 0 Å². The van der Waals surface area contributed by atoms with E-state index in [9.17, 15) is 9.18 Å². The molecule has 0 heterocycles. The minimum Gasteiger partial charge on any atom is -0.351 e. The molecule has 96 valence electrons. The minimum absolute atomic E-state index is 0. The standard InChI is InChI=1S/C12H17FN2O.ClH/c1-8(2)11(14)12(16)15-7-9-3-5-10(13)6-4-9;/h3-6,8,11H,7,14H2,1-2H3,(H,15,16);1H. The fourth-order valence-corrected chi connectivity index (χ4v) is 1.21. The Hall–Kier alpha value is -1.13. The van der Waals surface area contributed by atoms with Gasteiger partial charge in [0.2, 0.25) is 5.91 Å². The van der Waals surface area contributed by atoms with Gasteiger partial charge in [0.05, 0.1) is 6.04 Å². The SMILES string of the molecule is CC(C)C(N)C(=O)NCc1ccc(F)cc1.Cl. The first-order valence-electron chi connectivity index (χ1n) is 5.28. The molecule has 3 nitrogen and oxygen atoms in total. The Morgan fingerprint density at radius 1 is 1.35 bits per heavy atom. The van der Waals surface area contributed by atoms with Gasteiger partial charge in [-0.25, -0.2) is 4.39 Å². The molecule has 3 N–H and O–H groups in total. The van der Waals surface area contributed by atoms with E-state index in [4.69, 9.17) is 5.73 Å². The first kappa shape index (κ1) is 15.9. The summed E-state index contributed by atoms with van der Waals surface area (Å²) < 4.78 is 12.6. The molecule has 0 aliphatic rings. The van der Waals surface area contributed by atoms with Crippen molar-refractivity contribution in [1.82, 2.24) is 5.32 Å². The molecule has 17 heavy (non-hydrogen) atoms. The fraction of sp³-hybridized carbons (Fsp3) is 0.417. The number of carbonyl (C=O) groups is 1. The predicted molar refractivity (Wildman–Crippen MR) is 68.3 cm³/mol. The number of halogens is 2. The lowest BCUT2D eigenvalue weighted by Gasteiger charge is -2.15. The molecule has 0 aliphatic heterocycles.